The van der Waals surface area contributed by atoms with Gasteiger partial charge < -0.3 is 9.47 Å². The number of methoxy groups -OCH3 is 1. The second-order valence-corrected chi connectivity index (χ2v) is 7.05. The highest BCUT2D eigenvalue weighted by atomic mass is 19.4. The second-order valence-electron chi connectivity index (χ2n) is 7.05. The van der Waals surface area contributed by atoms with Crippen LogP contribution in [0.3, 0.4) is 0 Å². The standard InChI is InChI=1S/C21H16F3N5O5/c1-33-16-8-7-15(26-27-16)29-17(21(22,23)24)14(11-25-29)20(32)34-10-4-9-28-18(30)12-5-2-3-6-13(12)19(28)31/h2-3,5-8,11H,4,9-10H2,1H3. The third-order valence-electron chi connectivity index (χ3n) is 4.95. The van der Waals surface area contributed by atoms with Gasteiger partial charge >= 0.3 is 12.1 Å². The van der Waals surface area contributed by atoms with Crippen molar-refractivity contribution in [3.05, 3.63) is 65.0 Å². The third kappa shape index (κ3) is 4.19. The molecule has 4 rings (SSSR count). The van der Waals surface area contributed by atoms with E-state index in [0.717, 1.165) is 11.1 Å². The number of rotatable bonds is 7. The Balaban J connectivity index is 1.43. The van der Waals surface area contributed by atoms with E-state index >= 15 is 0 Å². The van der Waals surface area contributed by atoms with E-state index in [-0.39, 0.29) is 42.4 Å². The molecule has 2 aromatic heterocycles. The summed E-state index contributed by atoms with van der Waals surface area (Å²) < 4.78 is 51.4. The van der Waals surface area contributed by atoms with Crippen molar-refractivity contribution in [1.29, 1.82) is 0 Å². The Kier molecular flexibility index (Phi) is 6.01. The van der Waals surface area contributed by atoms with Gasteiger partial charge in [-0.05, 0) is 24.6 Å². The molecule has 3 aromatic rings. The Bertz CT molecular complexity index is 1220. The second kappa shape index (κ2) is 8.92. The van der Waals surface area contributed by atoms with Gasteiger partial charge in [0.15, 0.2) is 11.5 Å². The molecule has 0 atom stereocenters. The van der Waals surface area contributed by atoms with Gasteiger partial charge in [0, 0.05) is 12.6 Å². The smallest absolute Gasteiger partial charge is 0.434 e. The van der Waals surface area contributed by atoms with Crippen molar-refractivity contribution in [3.63, 3.8) is 0 Å². The molecule has 0 fully saturated rings. The number of ether oxygens (including phenoxy) is 2. The summed E-state index contributed by atoms with van der Waals surface area (Å²) in [5.41, 5.74) is -1.65. The Labute approximate surface area is 189 Å². The Hall–Kier alpha value is -4.29. The van der Waals surface area contributed by atoms with Crippen molar-refractivity contribution in [2.24, 2.45) is 0 Å². The highest BCUT2D eigenvalue weighted by Crippen LogP contribution is 2.33. The number of benzene rings is 1. The van der Waals surface area contributed by atoms with Gasteiger partial charge in [-0.3, -0.25) is 14.5 Å². The van der Waals surface area contributed by atoms with Crippen LogP contribution in [0, 0.1) is 0 Å². The van der Waals surface area contributed by atoms with Crippen molar-refractivity contribution in [3.8, 4) is 11.7 Å². The number of alkyl halides is 3. The zero-order chi connectivity index (χ0) is 24.5. The van der Waals surface area contributed by atoms with E-state index in [9.17, 15) is 27.6 Å². The summed E-state index contributed by atoms with van der Waals surface area (Å²) in [7, 11) is 1.32. The van der Waals surface area contributed by atoms with Crippen molar-refractivity contribution in [2.75, 3.05) is 20.3 Å². The van der Waals surface area contributed by atoms with Crippen LogP contribution in [0.5, 0.6) is 5.88 Å². The molecule has 0 spiro atoms. The number of hydrogen-bond acceptors (Lipinski definition) is 8. The summed E-state index contributed by atoms with van der Waals surface area (Å²) in [5.74, 6) is -2.41. The highest BCUT2D eigenvalue weighted by Gasteiger charge is 2.41. The zero-order valence-corrected chi connectivity index (χ0v) is 17.6. The monoisotopic (exact) mass is 475 g/mol. The predicted octanol–water partition coefficient (Wildman–Crippen LogP) is 2.53. The SMILES string of the molecule is COc1ccc(-n2ncc(C(=O)OCCCN3C(=O)c4ccccc4C3=O)c2C(F)(F)F)nn1. The lowest BCUT2D eigenvalue weighted by atomic mass is 10.1. The Morgan fingerprint density at radius 1 is 1.03 bits per heavy atom. The van der Waals surface area contributed by atoms with Gasteiger partial charge in [-0.2, -0.15) is 18.3 Å². The summed E-state index contributed by atoms with van der Waals surface area (Å²) >= 11 is 0. The molecular formula is C21H16F3N5O5. The number of carbonyl (C=O) groups is 3. The van der Waals surface area contributed by atoms with Gasteiger partial charge in [-0.25, -0.2) is 9.48 Å². The molecule has 2 amide bonds. The van der Waals surface area contributed by atoms with Crippen LogP contribution in [-0.4, -0.2) is 62.9 Å². The summed E-state index contributed by atoms with van der Waals surface area (Å²) in [5, 5.41) is 10.8. The minimum Gasteiger partial charge on any atom is -0.480 e. The van der Waals surface area contributed by atoms with Crippen molar-refractivity contribution >= 4 is 17.8 Å². The number of imide groups is 1. The van der Waals surface area contributed by atoms with Crippen LogP contribution < -0.4 is 4.74 Å². The van der Waals surface area contributed by atoms with Gasteiger partial charge in [-0.15, -0.1) is 10.2 Å². The first-order valence-electron chi connectivity index (χ1n) is 9.88. The van der Waals surface area contributed by atoms with E-state index in [1.54, 1.807) is 12.1 Å². The quantitative estimate of drug-likeness (QED) is 0.291. The summed E-state index contributed by atoms with van der Waals surface area (Å²) in [6.07, 6.45) is -4.19. The van der Waals surface area contributed by atoms with Crippen molar-refractivity contribution in [2.45, 2.75) is 12.6 Å². The van der Waals surface area contributed by atoms with E-state index in [0.29, 0.717) is 4.68 Å². The summed E-state index contributed by atoms with van der Waals surface area (Å²) in [6, 6.07) is 8.81. The molecule has 0 N–H and O–H groups in total. The molecule has 34 heavy (non-hydrogen) atoms. The molecule has 1 aliphatic heterocycles. The predicted molar refractivity (Wildman–Crippen MR) is 107 cm³/mol. The maximum absolute atomic E-state index is 13.7. The van der Waals surface area contributed by atoms with E-state index in [1.807, 2.05) is 0 Å². The van der Waals surface area contributed by atoms with E-state index in [2.05, 4.69) is 15.3 Å². The lowest BCUT2D eigenvalue weighted by Crippen LogP contribution is -2.31. The zero-order valence-electron chi connectivity index (χ0n) is 17.6. The van der Waals surface area contributed by atoms with Crippen LogP contribution in [-0.2, 0) is 10.9 Å². The fourth-order valence-electron chi connectivity index (χ4n) is 3.39. The fourth-order valence-corrected chi connectivity index (χ4v) is 3.39. The number of hydrogen-bond donors (Lipinski definition) is 0. The lowest BCUT2D eigenvalue weighted by molar-refractivity contribution is -0.143. The first-order valence-corrected chi connectivity index (χ1v) is 9.88. The maximum atomic E-state index is 13.7. The van der Waals surface area contributed by atoms with Gasteiger partial charge in [0.05, 0.1) is 31.0 Å². The number of carbonyl (C=O) groups excluding carboxylic acids is 3. The number of halogens is 3. The first kappa shape index (κ1) is 22.9. The molecule has 0 radical (unpaired) electrons. The van der Waals surface area contributed by atoms with E-state index in [4.69, 9.17) is 9.47 Å². The molecule has 0 bridgehead atoms. The largest absolute Gasteiger partial charge is 0.480 e. The molecular weight excluding hydrogens is 459 g/mol. The molecule has 0 saturated heterocycles. The Morgan fingerprint density at radius 2 is 1.71 bits per heavy atom. The van der Waals surface area contributed by atoms with Gasteiger partial charge in [0.1, 0.15) is 5.56 Å². The van der Waals surface area contributed by atoms with E-state index < -0.39 is 35.2 Å². The van der Waals surface area contributed by atoms with Crippen LogP contribution in [0.4, 0.5) is 13.2 Å². The molecule has 176 valence electrons. The van der Waals surface area contributed by atoms with Crippen LogP contribution in [0.15, 0.2) is 42.6 Å². The Morgan fingerprint density at radius 3 is 2.26 bits per heavy atom. The van der Waals surface area contributed by atoms with E-state index in [1.165, 1.54) is 31.4 Å². The van der Waals surface area contributed by atoms with Crippen molar-refractivity contribution < 1.29 is 37.0 Å². The minimum absolute atomic E-state index is 0.0383. The minimum atomic E-state index is -4.95. The number of fused-ring (bicyclic) bond motifs is 1. The molecule has 0 aliphatic carbocycles. The number of amides is 2. The normalized spacial score (nSPS) is 13.2. The molecule has 10 nitrogen and oxygen atoms in total. The molecule has 0 unspecified atom stereocenters. The average molecular weight is 475 g/mol. The number of nitrogens with zero attached hydrogens (tertiary/aromatic N) is 5. The lowest BCUT2D eigenvalue weighted by Gasteiger charge is -2.14. The number of aromatic nitrogens is 4. The molecule has 3 heterocycles. The molecule has 1 aromatic carbocycles. The van der Waals surface area contributed by atoms with Gasteiger partial charge in [0.25, 0.3) is 11.8 Å². The van der Waals surface area contributed by atoms with Crippen LogP contribution in [0.1, 0.15) is 43.2 Å². The molecule has 0 saturated carbocycles. The van der Waals surface area contributed by atoms with Crippen LogP contribution in [0.25, 0.3) is 5.82 Å². The van der Waals surface area contributed by atoms with Crippen molar-refractivity contribution in [1.82, 2.24) is 24.9 Å². The molecule has 1 aliphatic rings. The summed E-state index contributed by atoms with van der Waals surface area (Å²) in [6.45, 7) is -0.385. The van der Waals surface area contributed by atoms with Gasteiger partial charge in [-0.1, -0.05) is 12.1 Å². The topological polar surface area (TPSA) is 117 Å². The fraction of sp³-hybridized carbons (Fsp3) is 0.238. The molecule has 13 heteroatoms. The van der Waals surface area contributed by atoms with Crippen LogP contribution in [0.2, 0.25) is 0 Å². The average Bonchev–Trinajstić information content (AvgIpc) is 3.38. The van der Waals surface area contributed by atoms with Gasteiger partial charge in [0.2, 0.25) is 5.88 Å². The highest BCUT2D eigenvalue weighted by molar-refractivity contribution is 6.21. The maximum Gasteiger partial charge on any atom is 0.434 e. The number of esters is 1. The summed E-state index contributed by atoms with van der Waals surface area (Å²) in [4.78, 5) is 38.0. The third-order valence-corrected chi connectivity index (χ3v) is 4.95. The first-order chi connectivity index (χ1) is 16.2. The van der Waals surface area contributed by atoms with Crippen LogP contribution >= 0.6 is 0 Å².